The maximum absolute atomic E-state index is 12.7. The zero-order valence-corrected chi connectivity index (χ0v) is 36.2. The van der Waals surface area contributed by atoms with Crippen LogP contribution in [0.15, 0.2) is 97.2 Å². The van der Waals surface area contributed by atoms with Crippen molar-refractivity contribution in [1.29, 1.82) is 0 Å². The van der Waals surface area contributed by atoms with Gasteiger partial charge in [0.2, 0.25) is 0 Å². The molecule has 0 aromatic carbocycles. The number of aliphatic hydroxyl groups is 4. The van der Waals surface area contributed by atoms with Crippen LogP contribution in [0.5, 0.6) is 0 Å². The summed E-state index contributed by atoms with van der Waals surface area (Å²) in [5, 5.41) is 40.1. The highest BCUT2D eigenvalue weighted by atomic mass is 16.7. The highest BCUT2D eigenvalue weighted by molar-refractivity contribution is 5.70. The average Bonchev–Trinajstić information content (AvgIpc) is 3.23. The molecule has 1 heterocycles. The van der Waals surface area contributed by atoms with Crippen molar-refractivity contribution in [2.75, 3.05) is 19.8 Å². The van der Waals surface area contributed by atoms with E-state index in [4.69, 9.17) is 18.9 Å². The van der Waals surface area contributed by atoms with Gasteiger partial charge in [-0.25, -0.2) is 0 Å². The van der Waals surface area contributed by atoms with Crippen LogP contribution in [0.25, 0.3) is 0 Å². The largest absolute Gasteiger partial charge is 0.462 e. The monoisotopic (exact) mass is 827 g/mol. The summed E-state index contributed by atoms with van der Waals surface area (Å²) in [7, 11) is 0. The molecule has 1 saturated heterocycles. The van der Waals surface area contributed by atoms with Gasteiger partial charge in [-0.1, -0.05) is 137 Å². The SMILES string of the molecule is CCCCC/C=C\C/C=C\C/C=C\C/C=C\CCCC(=O)OCC(COC1O[C@H](CO)[C@H](O)[C@H](O)[C@H]1O)OC(=O)CCC/C=C\C/C=C\C/C=C\C/C=C\CCCCC. The topological polar surface area (TPSA) is 152 Å². The van der Waals surface area contributed by atoms with Crippen LogP contribution in [0, 0.1) is 0 Å². The summed E-state index contributed by atoms with van der Waals surface area (Å²) in [5.74, 6) is -0.949. The zero-order chi connectivity index (χ0) is 43.0. The Labute approximate surface area is 356 Å². The first-order valence-electron chi connectivity index (χ1n) is 22.3. The molecule has 0 spiro atoms. The number of aliphatic hydroxyl groups excluding tert-OH is 4. The summed E-state index contributed by atoms with van der Waals surface area (Å²) < 4.78 is 22.0. The Morgan fingerprint density at radius 1 is 0.525 bits per heavy atom. The lowest BCUT2D eigenvalue weighted by Crippen LogP contribution is -2.59. The zero-order valence-electron chi connectivity index (χ0n) is 36.2. The molecule has 1 rings (SSSR count). The molecule has 2 unspecified atom stereocenters. The van der Waals surface area contributed by atoms with Crippen LogP contribution in [0.1, 0.15) is 142 Å². The van der Waals surface area contributed by atoms with Crippen molar-refractivity contribution in [2.24, 2.45) is 0 Å². The molecule has 0 aliphatic carbocycles. The fraction of sp³-hybridized carbons (Fsp3) is 0.633. The van der Waals surface area contributed by atoms with Crippen LogP contribution in [-0.2, 0) is 28.5 Å². The molecular weight excluding hydrogens is 749 g/mol. The highest BCUT2D eigenvalue weighted by Crippen LogP contribution is 2.22. The van der Waals surface area contributed by atoms with E-state index in [1.54, 1.807) is 0 Å². The van der Waals surface area contributed by atoms with E-state index in [0.29, 0.717) is 25.7 Å². The second kappa shape index (κ2) is 38.8. The van der Waals surface area contributed by atoms with Gasteiger partial charge in [-0.2, -0.15) is 0 Å². The average molecular weight is 827 g/mol. The third kappa shape index (κ3) is 30.3. The second-order valence-electron chi connectivity index (χ2n) is 14.8. The maximum atomic E-state index is 12.7. The predicted molar refractivity (Wildman–Crippen MR) is 237 cm³/mol. The van der Waals surface area contributed by atoms with E-state index in [-0.39, 0.29) is 26.1 Å². The Balaban J connectivity index is 2.44. The highest BCUT2D eigenvalue weighted by Gasteiger charge is 2.44. The molecule has 1 fully saturated rings. The first kappa shape index (κ1) is 53.6. The minimum Gasteiger partial charge on any atom is -0.462 e. The van der Waals surface area contributed by atoms with Crippen molar-refractivity contribution in [3.8, 4) is 0 Å². The molecule has 0 aromatic rings. The lowest BCUT2D eigenvalue weighted by molar-refractivity contribution is -0.305. The van der Waals surface area contributed by atoms with Gasteiger partial charge in [-0.3, -0.25) is 9.59 Å². The first-order chi connectivity index (χ1) is 28.8. The number of hydrogen-bond acceptors (Lipinski definition) is 10. The van der Waals surface area contributed by atoms with E-state index < -0.39 is 55.4 Å². The fourth-order valence-electron chi connectivity index (χ4n) is 5.88. The molecule has 1 aliphatic rings. The number of carbonyl (C=O) groups is 2. The molecule has 59 heavy (non-hydrogen) atoms. The van der Waals surface area contributed by atoms with E-state index in [0.717, 1.165) is 51.4 Å². The lowest BCUT2D eigenvalue weighted by Gasteiger charge is -2.39. The van der Waals surface area contributed by atoms with Crippen molar-refractivity contribution in [3.63, 3.8) is 0 Å². The van der Waals surface area contributed by atoms with Crippen LogP contribution < -0.4 is 0 Å². The number of ether oxygens (including phenoxy) is 4. The summed E-state index contributed by atoms with van der Waals surface area (Å²) in [4.78, 5) is 25.3. The fourth-order valence-corrected chi connectivity index (χ4v) is 5.88. The Hall–Kier alpha value is -3.38. The number of carbonyl (C=O) groups excluding carboxylic acids is 2. The number of esters is 2. The van der Waals surface area contributed by atoms with E-state index in [9.17, 15) is 30.0 Å². The van der Waals surface area contributed by atoms with Crippen LogP contribution >= 0.6 is 0 Å². The van der Waals surface area contributed by atoms with Gasteiger partial charge < -0.3 is 39.4 Å². The number of allylic oxidation sites excluding steroid dienone is 16. The van der Waals surface area contributed by atoms with Gasteiger partial charge in [0, 0.05) is 12.8 Å². The van der Waals surface area contributed by atoms with Crippen molar-refractivity contribution in [1.82, 2.24) is 0 Å². The van der Waals surface area contributed by atoms with E-state index in [2.05, 4.69) is 98.9 Å². The molecule has 0 saturated carbocycles. The van der Waals surface area contributed by atoms with Crippen LogP contribution in [0.3, 0.4) is 0 Å². The Morgan fingerprint density at radius 2 is 0.932 bits per heavy atom. The molecule has 0 amide bonds. The van der Waals surface area contributed by atoms with Crippen molar-refractivity contribution in [3.05, 3.63) is 97.2 Å². The normalized spacial score (nSPS) is 20.9. The summed E-state index contributed by atoms with van der Waals surface area (Å²) in [6, 6.07) is 0. The van der Waals surface area contributed by atoms with Crippen LogP contribution in [-0.4, -0.2) is 89.0 Å². The summed E-state index contributed by atoms with van der Waals surface area (Å²) in [6.45, 7) is 3.23. The van der Waals surface area contributed by atoms with Crippen molar-refractivity contribution in [2.45, 2.75) is 179 Å². The maximum Gasteiger partial charge on any atom is 0.306 e. The van der Waals surface area contributed by atoms with Gasteiger partial charge in [0.15, 0.2) is 12.4 Å². The third-order valence-corrected chi connectivity index (χ3v) is 9.44. The molecule has 6 atom stereocenters. The minimum absolute atomic E-state index is 0.137. The lowest BCUT2D eigenvalue weighted by atomic mass is 9.99. The van der Waals surface area contributed by atoms with Crippen molar-refractivity contribution >= 4 is 11.9 Å². The molecule has 4 N–H and O–H groups in total. The van der Waals surface area contributed by atoms with Gasteiger partial charge in [-0.05, 0) is 89.9 Å². The molecule has 0 radical (unpaired) electrons. The van der Waals surface area contributed by atoms with E-state index in [1.807, 2.05) is 12.2 Å². The minimum atomic E-state index is -1.62. The Bertz CT molecular complexity index is 1280. The predicted octanol–water partition coefficient (Wildman–Crippen LogP) is 9.55. The number of hydrogen-bond donors (Lipinski definition) is 4. The third-order valence-electron chi connectivity index (χ3n) is 9.44. The van der Waals surface area contributed by atoms with Gasteiger partial charge in [0.05, 0.1) is 13.2 Å². The molecule has 334 valence electrons. The molecular formula is C49H78O10. The van der Waals surface area contributed by atoms with E-state index >= 15 is 0 Å². The standard InChI is InChI=1S/C49H78O10/c1-3-5-7-9-11-13-15-17-19-21-23-25-27-29-31-33-35-37-44(51)56-40-42(41-57-49-48(55)47(54)46(53)43(39-50)59-49)58-45(52)38-36-34-32-30-28-26-24-22-20-18-16-14-12-10-8-6-4-2/h11-14,17-20,23-26,29-32,42-43,46-50,53-55H,3-10,15-16,21-22,27-28,33-41H2,1-2H3/b13-11-,14-12-,19-17-,20-18-,25-23-,26-24-,31-29-,32-30-/t42?,43-,46+,47+,48-,49?/m1/s1. The Morgan fingerprint density at radius 3 is 1.36 bits per heavy atom. The van der Waals surface area contributed by atoms with Crippen LogP contribution in [0.4, 0.5) is 0 Å². The second-order valence-corrected chi connectivity index (χ2v) is 14.8. The molecule has 10 nitrogen and oxygen atoms in total. The molecule has 0 bridgehead atoms. The first-order valence-corrected chi connectivity index (χ1v) is 22.3. The van der Waals surface area contributed by atoms with Gasteiger partial charge in [0.1, 0.15) is 31.0 Å². The summed E-state index contributed by atoms with van der Waals surface area (Å²) in [6.07, 6.45) is 44.2. The van der Waals surface area contributed by atoms with Gasteiger partial charge in [0.25, 0.3) is 0 Å². The van der Waals surface area contributed by atoms with E-state index in [1.165, 1.54) is 38.5 Å². The molecule has 0 aromatic heterocycles. The summed E-state index contributed by atoms with van der Waals surface area (Å²) in [5.41, 5.74) is 0. The quantitative estimate of drug-likeness (QED) is 0.0276. The molecule has 10 heteroatoms. The number of unbranched alkanes of at least 4 members (excludes halogenated alkanes) is 8. The van der Waals surface area contributed by atoms with Gasteiger partial charge in [-0.15, -0.1) is 0 Å². The van der Waals surface area contributed by atoms with Crippen molar-refractivity contribution < 1.29 is 49.0 Å². The smallest absolute Gasteiger partial charge is 0.306 e. The molecule has 1 aliphatic heterocycles. The Kier molecular flexibility index (Phi) is 35.3. The van der Waals surface area contributed by atoms with Crippen LogP contribution in [0.2, 0.25) is 0 Å². The number of rotatable bonds is 35. The van der Waals surface area contributed by atoms with Gasteiger partial charge >= 0.3 is 11.9 Å². The summed E-state index contributed by atoms with van der Waals surface area (Å²) >= 11 is 0.